The lowest BCUT2D eigenvalue weighted by atomic mass is 9.88. The highest BCUT2D eigenvalue weighted by atomic mass is 32.2. The van der Waals surface area contributed by atoms with Gasteiger partial charge in [-0.15, -0.1) is 11.8 Å². The second-order valence-corrected chi connectivity index (χ2v) is 6.52. The molecule has 0 aliphatic heterocycles. The third-order valence-corrected chi connectivity index (χ3v) is 4.72. The molecule has 0 unspecified atom stereocenters. The fraction of sp³-hybridized carbons (Fsp3) is 0.438. The first-order valence-corrected chi connectivity index (χ1v) is 8.23. The van der Waals surface area contributed by atoms with Crippen molar-refractivity contribution >= 4 is 17.5 Å². The number of thioether (sulfide) groups is 1. The summed E-state index contributed by atoms with van der Waals surface area (Å²) >= 11 is 1.71. The van der Waals surface area contributed by atoms with E-state index in [1.807, 2.05) is 0 Å². The minimum Gasteiger partial charge on any atom is -0.339 e. The number of carbonyl (C=O) groups is 1. The lowest BCUT2D eigenvalue weighted by molar-refractivity contribution is -0.120. The number of aromatic nitrogens is 2. The Morgan fingerprint density at radius 3 is 2.90 bits per heavy atom. The molecule has 3 rings (SSSR count). The van der Waals surface area contributed by atoms with Crippen molar-refractivity contribution in [2.24, 2.45) is 0 Å². The Kier molecular flexibility index (Phi) is 4.39. The molecule has 0 saturated heterocycles. The lowest BCUT2D eigenvalue weighted by Crippen LogP contribution is -2.12. The van der Waals surface area contributed by atoms with Crippen LogP contribution in [0.4, 0.5) is 0 Å². The molecule has 0 amide bonds. The van der Waals surface area contributed by atoms with E-state index in [0.29, 0.717) is 30.3 Å². The number of benzene rings is 1. The van der Waals surface area contributed by atoms with Crippen LogP contribution in [0.15, 0.2) is 33.7 Å². The summed E-state index contributed by atoms with van der Waals surface area (Å²) < 4.78 is 5.37. The zero-order valence-corrected chi connectivity index (χ0v) is 12.9. The number of carbonyl (C=O) groups excluding carboxylic acids is 1. The van der Waals surface area contributed by atoms with Crippen molar-refractivity contribution in [1.29, 1.82) is 0 Å². The van der Waals surface area contributed by atoms with Gasteiger partial charge < -0.3 is 4.52 Å². The minimum atomic E-state index is 0.257. The molecule has 0 radical (unpaired) electrons. The predicted molar refractivity (Wildman–Crippen MR) is 81.3 cm³/mol. The highest BCUT2D eigenvalue weighted by molar-refractivity contribution is 7.98. The monoisotopic (exact) mass is 302 g/mol. The molecular formula is C16H18N2O2S. The fourth-order valence-corrected chi connectivity index (χ4v) is 3.39. The van der Waals surface area contributed by atoms with E-state index in [1.54, 1.807) is 11.8 Å². The standard InChI is InChI=1S/C16H18N2O2S/c1-11-3-2-4-14(9-11)21-10-15-17-16(20-18-15)12-5-7-13(19)8-6-12/h2-4,9,12H,5-8,10H2,1H3. The Morgan fingerprint density at radius 1 is 1.33 bits per heavy atom. The van der Waals surface area contributed by atoms with Crippen LogP contribution >= 0.6 is 11.8 Å². The zero-order valence-electron chi connectivity index (χ0n) is 12.0. The highest BCUT2D eigenvalue weighted by Gasteiger charge is 2.24. The van der Waals surface area contributed by atoms with Gasteiger partial charge in [-0.05, 0) is 31.9 Å². The number of hydrogen-bond acceptors (Lipinski definition) is 5. The fourth-order valence-electron chi connectivity index (χ4n) is 2.53. The van der Waals surface area contributed by atoms with Crippen LogP contribution in [0, 0.1) is 6.92 Å². The second kappa shape index (κ2) is 6.43. The van der Waals surface area contributed by atoms with Gasteiger partial charge in [-0.1, -0.05) is 22.9 Å². The first-order valence-electron chi connectivity index (χ1n) is 7.24. The summed E-state index contributed by atoms with van der Waals surface area (Å²) in [7, 11) is 0. The third kappa shape index (κ3) is 3.73. The molecule has 1 heterocycles. The van der Waals surface area contributed by atoms with E-state index in [0.717, 1.165) is 18.7 Å². The molecule has 1 aromatic heterocycles. The average molecular weight is 302 g/mol. The Hall–Kier alpha value is -1.62. The summed E-state index contributed by atoms with van der Waals surface area (Å²) in [5.41, 5.74) is 1.25. The van der Waals surface area contributed by atoms with Crippen molar-refractivity contribution in [3.63, 3.8) is 0 Å². The summed E-state index contributed by atoms with van der Waals surface area (Å²) in [4.78, 5) is 17.0. The first kappa shape index (κ1) is 14.3. The van der Waals surface area contributed by atoms with E-state index >= 15 is 0 Å². The topological polar surface area (TPSA) is 56.0 Å². The molecule has 1 aliphatic rings. The van der Waals surface area contributed by atoms with E-state index in [9.17, 15) is 4.79 Å². The molecule has 1 saturated carbocycles. The molecular weight excluding hydrogens is 284 g/mol. The van der Waals surface area contributed by atoms with Crippen molar-refractivity contribution in [3.8, 4) is 0 Å². The van der Waals surface area contributed by atoms with Crippen molar-refractivity contribution in [2.75, 3.05) is 0 Å². The Bertz CT molecular complexity index is 629. The molecule has 0 atom stereocenters. The van der Waals surface area contributed by atoms with Crippen LogP contribution in [0.25, 0.3) is 0 Å². The molecule has 2 aromatic rings. The van der Waals surface area contributed by atoms with E-state index < -0.39 is 0 Å². The summed E-state index contributed by atoms with van der Waals surface area (Å²) in [5.74, 6) is 2.74. The normalized spacial score (nSPS) is 16.3. The van der Waals surface area contributed by atoms with Crippen LogP contribution in [0.1, 0.15) is 48.9 Å². The Morgan fingerprint density at radius 2 is 2.14 bits per heavy atom. The van der Waals surface area contributed by atoms with Crippen molar-refractivity contribution in [1.82, 2.24) is 10.1 Å². The van der Waals surface area contributed by atoms with Gasteiger partial charge in [0.25, 0.3) is 0 Å². The van der Waals surface area contributed by atoms with Gasteiger partial charge in [-0.25, -0.2) is 0 Å². The SMILES string of the molecule is Cc1cccc(SCc2noc(C3CCC(=O)CC3)n2)c1. The molecule has 1 fully saturated rings. The molecule has 0 spiro atoms. The molecule has 110 valence electrons. The number of rotatable bonds is 4. The number of nitrogens with zero attached hydrogens (tertiary/aromatic N) is 2. The maximum Gasteiger partial charge on any atom is 0.229 e. The van der Waals surface area contributed by atoms with Gasteiger partial charge in [0.2, 0.25) is 5.89 Å². The van der Waals surface area contributed by atoms with Crippen LogP contribution in [-0.2, 0) is 10.5 Å². The second-order valence-electron chi connectivity index (χ2n) is 5.47. The van der Waals surface area contributed by atoms with Gasteiger partial charge in [0.05, 0.1) is 5.75 Å². The maximum atomic E-state index is 11.3. The molecule has 0 bridgehead atoms. The number of hydrogen-bond donors (Lipinski definition) is 0. The molecule has 21 heavy (non-hydrogen) atoms. The van der Waals surface area contributed by atoms with Crippen LogP contribution in [-0.4, -0.2) is 15.9 Å². The molecule has 1 aliphatic carbocycles. The van der Waals surface area contributed by atoms with Crippen molar-refractivity contribution in [3.05, 3.63) is 41.5 Å². The predicted octanol–water partition coefficient (Wildman–Crippen LogP) is 3.90. The number of aryl methyl sites for hydroxylation is 1. The summed E-state index contributed by atoms with van der Waals surface area (Å²) in [6.07, 6.45) is 2.96. The van der Waals surface area contributed by atoms with Crippen molar-refractivity contribution < 1.29 is 9.32 Å². The van der Waals surface area contributed by atoms with E-state index in [2.05, 4.69) is 41.3 Å². The highest BCUT2D eigenvalue weighted by Crippen LogP contribution is 2.30. The van der Waals surface area contributed by atoms with E-state index in [4.69, 9.17) is 4.52 Å². The van der Waals surface area contributed by atoms with Crippen LogP contribution in [0.5, 0.6) is 0 Å². The van der Waals surface area contributed by atoms with Gasteiger partial charge in [0, 0.05) is 23.7 Å². The van der Waals surface area contributed by atoms with Gasteiger partial charge >= 0.3 is 0 Å². The van der Waals surface area contributed by atoms with Crippen LogP contribution in [0.2, 0.25) is 0 Å². The lowest BCUT2D eigenvalue weighted by Gasteiger charge is -2.16. The van der Waals surface area contributed by atoms with E-state index in [-0.39, 0.29) is 5.92 Å². The van der Waals surface area contributed by atoms with Gasteiger partial charge in [-0.2, -0.15) is 4.98 Å². The van der Waals surface area contributed by atoms with Crippen LogP contribution in [0.3, 0.4) is 0 Å². The number of ketones is 1. The quantitative estimate of drug-likeness (QED) is 0.802. The van der Waals surface area contributed by atoms with Gasteiger partial charge in [0.1, 0.15) is 5.78 Å². The molecule has 4 nitrogen and oxygen atoms in total. The minimum absolute atomic E-state index is 0.257. The molecule has 5 heteroatoms. The van der Waals surface area contributed by atoms with Gasteiger partial charge in [0.15, 0.2) is 5.82 Å². The maximum absolute atomic E-state index is 11.3. The largest absolute Gasteiger partial charge is 0.339 e. The smallest absolute Gasteiger partial charge is 0.229 e. The summed E-state index contributed by atoms with van der Waals surface area (Å²) in [6.45, 7) is 2.08. The van der Waals surface area contributed by atoms with Gasteiger partial charge in [-0.3, -0.25) is 4.79 Å². The third-order valence-electron chi connectivity index (χ3n) is 3.73. The number of Topliss-reactive ketones (excluding diaryl/α,β-unsaturated/α-hetero) is 1. The first-order chi connectivity index (χ1) is 10.2. The zero-order chi connectivity index (χ0) is 14.7. The van der Waals surface area contributed by atoms with Crippen LogP contribution < -0.4 is 0 Å². The molecule has 0 N–H and O–H groups in total. The Balaban J connectivity index is 1.59. The molecule has 1 aromatic carbocycles. The van der Waals surface area contributed by atoms with E-state index in [1.165, 1.54) is 10.5 Å². The summed E-state index contributed by atoms with van der Waals surface area (Å²) in [5, 5.41) is 4.06. The summed E-state index contributed by atoms with van der Waals surface area (Å²) in [6, 6.07) is 8.38. The van der Waals surface area contributed by atoms with Crippen molar-refractivity contribution in [2.45, 2.75) is 49.2 Å². The average Bonchev–Trinajstić information content (AvgIpc) is 2.95. The Labute approximate surface area is 128 Å².